The van der Waals surface area contributed by atoms with Gasteiger partial charge in [-0.05, 0) is 210 Å². The summed E-state index contributed by atoms with van der Waals surface area (Å²) in [6, 6.07) is 52.7. The summed E-state index contributed by atoms with van der Waals surface area (Å²) >= 11 is 7.99. The third-order valence-corrected chi connectivity index (χ3v) is 24.2. The van der Waals surface area contributed by atoms with Crippen LogP contribution in [-0.4, -0.2) is 97.4 Å². The van der Waals surface area contributed by atoms with Gasteiger partial charge in [0.05, 0.1) is 92.9 Å². The first-order valence-electron chi connectivity index (χ1n) is 36.3. The number of aromatic nitrogens is 15. The van der Waals surface area contributed by atoms with Crippen LogP contribution < -0.4 is 36.9 Å². The number of nitrogens with zero attached hydrogens (tertiary/aromatic N) is 15. The van der Waals surface area contributed by atoms with Crippen molar-refractivity contribution in [2.75, 3.05) is 26.6 Å². The standard InChI is InChI=1S/C18H14N4OS.C18H16N4S.C17H14N4S.C16H13N5O2S2.C15H11N5O2S2/c1-11(23)7-12-3-2-4-14(8-12)21-18-19-9-13-5-6-15-17(16(13)22-18)24-10-20-15;1-10-6-11(2)8-14(7-10)21-18-19-9-13-4-5-15-17(16(13)22-18)23-12(3)20-15;1-10-5-11(2)7-13(6-10)20-17-18-8-12-3-4-14-16(15(12)21-17)19-9-22-14;1-9-19-15-13(24-9)6-5-10-8-18-16(21-14(10)15)20-11-3-2-4-12(7-11)25(17,22)23;16-24(21,22)11-3-1-2-10(6-11)19-15-17-7-9-4-5-12-14(13(9)20-15)23-8-18-12/h2-6,8-10H,7H2,1H3,(H,19,21,22);4-9H,1-3H3,(H,19,21,22);3-9H,1-2H3,(H,18,20,21);2-8H,1H3,(H2,17,22,23)(H,18,20,21);1-8H,(H2,16,21,22)(H,17,19,20). The molecule has 20 aromatic rings. The quantitative estimate of drug-likeness (QED) is 0.0531. The van der Waals surface area contributed by atoms with Gasteiger partial charge in [-0.1, -0.05) is 36.4 Å². The molecule has 0 aliphatic rings. The number of benzene rings is 10. The Morgan fingerprint density at radius 2 is 0.720 bits per heavy atom. The Kier molecular flexibility index (Phi) is 22.4. The molecule has 10 aromatic carbocycles. The highest BCUT2D eigenvalue weighted by atomic mass is 32.2. The molecule has 20 rings (SSSR count). The zero-order chi connectivity index (χ0) is 81.9. The Morgan fingerprint density at radius 1 is 0.339 bits per heavy atom. The first kappa shape index (κ1) is 78.7. The number of nitrogens with one attached hydrogen (secondary N) is 5. The average molecular weight is 1690 g/mol. The maximum Gasteiger partial charge on any atom is 0.238 e. The third kappa shape index (κ3) is 18.4. The van der Waals surface area contributed by atoms with Gasteiger partial charge in [0.15, 0.2) is 0 Å². The minimum absolute atomic E-state index is 0.0239. The third-order valence-electron chi connectivity index (χ3n) is 18.0. The average Bonchev–Trinajstić information content (AvgIpc) is 1.65. The number of Topliss-reactive ketones (excluding diaryl/α,β-unsaturated/α-hetero) is 1. The highest BCUT2D eigenvalue weighted by Gasteiger charge is 2.17. The van der Waals surface area contributed by atoms with E-state index in [4.69, 9.17) is 15.3 Å². The van der Waals surface area contributed by atoms with Crippen LogP contribution in [0, 0.1) is 41.5 Å². The molecule has 0 amide bonds. The van der Waals surface area contributed by atoms with Gasteiger partial charge in [0.25, 0.3) is 0 Å². The van der Waals surface area contributed by atoms with Gasteiger partial charge in [-0.2, -0.15) is 0 Å². The number of aryl methyl sites for hydroxylation is 6. The van der Waals surface area contributed by atoms with Crippen LogP contribution in [0.5, 0.6) is 0 Å². The smallest absolute Gasteiger partial charge is 0.238 e. The Hall–Kier alpha value is -13.2. The molecule has 118 heavy (non-hydrogen) atoms. The van der Waals surface area contributed by atoms with Crippen molar-refractivity contribution in [3.05, 3.63) is 255 Å². The number of primary sulfonamides is 2. The van der Waals surface area contributed by atoms with Gasteiger partial charge in [0, 0.05) is 92.8 Å². The summed E-state index contributed by atoms with van der Waals surface area (Å²) in [5.74, 6) is 2.61. The maximum atomic E-state index is 11.5. The van der Waals surface area contributed by atoms with E-state index in [9.17, 15) is 21.6 Å². The lowest BCUT2D eigenvalue weighted by Gasteiger charge is -2.08. The topological polar surface area (TPSA) is 391 Å². The molecule has 0 aliphatic heterocycles. The highest BCUT2D eigenvalue weighted by Crippen LogP contribution is 2.35. The fourth-order valence-corrected chi connectivity index (χ4v) is 18.1. The minimum Gasteiger partial charge on any atom is -0.324 e. The van der Waals surface area contributed by atoms with Gasteiger partial charge in [0.2, 0.25) is 49.8 Å². The lowest BCUT2D eigenvalue weighted by atomic mass is 10.1. The molecule has 0 unspecified atom stereocenters. The number of rotatable bonds is 14. The molecule has 0 radical (unpaired) electrons. The second-order valence-corrected chi connectivity index (χ2v) is 35.5. The molecule has 0 fully saturated rings. The van der Waals surface area contributed by atoms with Crippen molar-refractivity contribution < 1.29 is 21.6 Å². The zero-order valence-electron chi connectivity index (χ0n) is 63.8. The molecule has 0 saturated carbocycles. The number of carbonyl (C=O) groups excluding carboxylic acids is 1. The molecule has 0 saturated heterocycles. The van der Waals surface area contributed by atoms with Crippen LogP contribution in [-0.2, 0) is 31.3 Å². The molecule has 0 bridgehead atoms. The van der Waals surface area contributed by atoms with Gasteiger partial charge in [-0.3, -0.25) is 4.79 Å². The molecule has 586 valence electrons. The normalized spacial score (nSPS) is 11.5. The van der Waals surface area contributed by atoms with Crippen molar-refractivity contribution in [3.63, 3.8) is 0 Å². The number of ketones is 1. The maximum absolute atomic E-state index is 11.5. The minimum atomic E-state index is -3.77. The van der Waals surface area contributed by atoms with Crippen LogP contribution in [0.3, 0.4) is 0 Å². The van der Waals surface area contributed by atoms with Gasteiger partial charge in [-0.25, -0.2) is 102 Å². The van der Waals surface area contributed by atoms with Crippen molar-refractivity contribution in [2.45, 2.75) is 64.7 Å². The molecule has 0 spiro atoms. The van der Waals surface area contributed by atoms with Crippen molar-refractivity contribution in [3.8, 4) is 0 Å². The summed E-state index contributed by atoms with van der Waals surface area (Å²) < 4.78 is 51.2. The molecular formula is C84H68N22O5S7. The number of sulfonamides is 2. The number of carbonyl (C=O) groups is 1. The summed E-state index contributed by atoms with van der Waals surface area (Å²) in [5, 5.41) is 33.0. The molecule has 9 N–H and O–H groups in total. The first-order valence-corrected chi connectivity index (χ1v) is 43.6. The van der Waals surface area contributed by atoms with E-state index in [0.29, 0.717) is 47.5 Å². The lowest BCUT2D eigenvalue weighted by molar-refractivity contribution is -0.116. The largest absolute Gasteiger partial charge is 0.324 e. The molecular weight excluding hydrogens is 1620 g/mol. The monoisotopic (exact) mass is 1690 g/mol. The summed E-state index contributed by atoms with van der Waals surface area (Å²) in [4.78, 5) is 78.3. The molecule has 34 heteroatoms. The van der Waals surface area contributed by atoms with E-state index >= 15 is 0 Å². The number of hydrogen-bond donors (Lipinski definition) is 7. The van der Waals surface area contributed by atoms with E-state index < -0.39 is 20.0 Å². The van der Waals surface area contributed by atoms with Crippen LogP contribution in [0.15, 0.2) is 227 Å². The van der Waals surface area contributed by atoms with E-state index in [1.807, 2.05) is 122 Å². The Bertz CT molecular complexity index is 7490. The van der Waals surface area contributed by atoms with E-state index in [0.717, 1.165) is 138 Å². The van der Waals surface area contributed by atoms with Crippen molar-refractivity contribution in [1.29, 1.82) is 0 Å². The van der Waals surface area contributed by atoms with E-state index in [1.165, 1.54) is 57.9 Å². The van der Waals surface area contributed by atoms with Gasteiger partial charge >= 0.3 is 0 Å². The SMILES string of the molecule is CC(=O)Cc1cccc(Nc2ncc3ccc4ncsc4c3n2)c1.Cc1cc(C)cc(Nc2ncc3ccc4nc(C)sc4c3n2)c1.Cc1cc(C)cc(Nc2ncc3ccc4scnc4c3n2)c1.Cc1nc2c(ccc3cnc(Nc4cccc(S(N)(=O)=O)c4)nc32)s1.NS(=O)(=O)c1cccc(Nc2ncc3ccc4ncsc4c3n2)c1. The van der Waals surface area contributed by atoms with Crippen LogP contribution in [0.2, 0.25) is 0 Å². The fourth-order valence-electron chi connectivity index (χ4n) is 13.0. The first-order chi connectivity index (χ1) is 56.9. The molecule has 0 atom stereocenters. The zero-order valence-corrected chi connectivity index (χ0v) is 69.5. The number of hydrogen-bond acceptors (Lipinski definition) is 30. The molecule has 27 nitrogen and oxygen atoms in total. The summed E-state index contributed by atoms with van der Waals surface area (Å²) in [6.07, 6.45) is 9.36. The lowest BCUT2D eigenvalue weighted by Crippen LogP contribution is -2.12. The van der Waals surface area contributed by atoms with Gasteiger partial charge in [-0.15, -0.1) is 56.7 Å². The van der Waals surface area contributed by atoms with Crippen molar-refractivity contribution in [2.24, 2.45) is 10.3 Å². The predicted molar refractivity (Wildman–Crippen MR) is 478 cm³/mol. The molecule has 10 heterocycles. The fraction of sp³-hybridized carbons (Fsp3) is 0.0952. The van der Waals surface area contributed by atoms with Crippen molar-refractivity contribution in [1.82, 2.24) is 74.8 Å². The Balaban J connectivity index is 0.000000110. The summed E-state index contributed by atoms with van der Waals surface area (Å²) in [7, 11) is -7.53. The summed E-state index contributed by atoms with van der Waals surface area (Å²) in [6.45, 7) is 13.9. The Labute approximate surface area is 694 Å². The predicted octanol–water partition coefficient (Wildman–Crippen LogP) is 19.2. The van der Waals surface area contributed by atoms with E-state index in [1.54, 1.807) is 94.4 Å². The number of thiazole rings is 5. The number of nitrogens with two attached hydrogens (primary N) is 2. The number of fused-ring (bicyclic) bond motifs is 15. The van der Waals surface area contributed by atoms with E-state index in [2.05, 4.69) is 167 Å². The summed E-state index contributed by atoms with van der Waals surface area (Å²) in [5.41, 5.74) is 24.1. The van der Waals surface area contributed by atoms with Crippen LogP contribution >= 0.6 is 56.7 Å². The van der Waals surface area contributed by atoms with Crippen LogP contribution in [0.25, 0.3) is 106 Å². The Morgan fingerprint density at radius 3 is 1.19 bits per heavy atom. The molecule has 10 aromatic heterocycles. The second-order valence-electron chi connectivity index (χ2n) is 27.3. The van der Waals surface area contributed by atoms with Gasteiger partial charge in [0.1, 0.15) is 27.9 Å². The van der Waals surface area contributed by atoms with Crippen LogP contribution in [0.1, 0.15) is 44.8 Å². The van der Waals surface area contributed by atoms with Crippen LogP contribution in [0.4, 0.5) is 58.2 Å². The van der Waals surface area contributed by atoms with E-state index in [-0.39, 0.29) is 15.6 Å². The van der Waals surface area contributed by atoms with Crippen molar-refractivity contribution >= 4 is 246 Å². The second kappa shape index (κ2) is 33.6. The number of anilines is 10. The highest BCUT2D eigenvalue weighted by molar-refractivity contribution is 7.89. The van der Waals surface area contributed by atoms with Gasteiger partial charge < -0.3 is 26.6 Å². The molecule has 0 aliphatic carbocycles.